The van der Waals surface area contributed by atoms with Crippen LogP contribution in [0.1, 0.15) is 24.9 Å². The van der Waals surface area contributed by atoms with Crippen molar-refractivity contribution in [2.45, 2.75) is 19.4 Å². The van der Waals surface area contributed by atoms with E-state index in [1.165, 1.54) is 12.1 Å². The van der Waals surface area contributed by atoms with Gasteiger partial charge in [-0.1, -0.05) is 12.1 Å². The number of ether oxygens (including phenoxy) is 2. The van der Waals surface area contributed by atoms with E-state index >= 15 is 0 Å². The van der Waals surface area contributed by atoms with E-state index in [-0.39, 0.29) is 30.1 Å². The summed E-state index contributed by atoms with van der Waals surface area (Å²) in [6.07, 6.45) is 0.149. The Morgan fingerprint density at radius 1 is 1.14 bits per heavy atom. The molecule has 4 rings (SSSR count). The maximum atomic E-state index is 13.1. The topological polar surface area (TPSA) is 67.9 Å². The molecule has 2 heterocycles. The highest BCUT2D eigenvalue weighted by Gasteiger charge is 2.36. The zero-order valence-corrected chi connectivity index (χ0v) is 15.5. The van der Waals surface area contributed by atoms with Gasteiger partial charge in [-0.2, -0.15) is 0 Å². The molecule has 28 heavy (non-hydrogen) atoms. The van der Waals surface area contributed by atoms with E-state index in [0.29, 0.717) is 36.9 Å². The fraction of sp³-hybridized carbons (Fsp3) is 0.333. The molecule has 2 aromatic rings. The van der Waals surface area contributed by atoms with Crippen molar-refractivity contribution in [3.8, 4) is 11.5 Å². The third-order valence-corrected chi connectivity index (χ3v) is 5.06. The number of nitrogens with zero attached hydrogens (tertiary/aromatic N) is 1. The molecular weight excluding hydrogens is 363 g/mol. The molecule has 0 bridgehead atoms. The van der Waals surface area contributed by atoms with Gasteiger partial charge in [0.15, 0.2) is 11.5 Å². The van der Waals surface area contributed by atoms with Crippen LogP contribution in [0.2, 0.25) is 0 Å². The first-order chi connectivity index (χ1) is 13.5. The van der Waals surface area contributed by atoms with Crippen LogP contribution < -0.4 is 19.7 Å². The third-order valence-electron chi connectivity index (χ3n) is 5.06. The van der Waals surface area contributed by atoms with Crippen molar-refractivity contribution in [1.82, 2.24) is 5.32 Å². The maximum Gasteiger partial charge on any atom is 0.227 e. The number of anilines is 1. The van der Waals surface area contributed by atoms with Gasteiger partial charge < -0.3 is 19.7 Å². The van der Waals surface area contributed by atoms with Gasteiger partial charge in [0.2, 0.25) is 11.8 Å². The van der Waals surface area contributed by atoms with Crippen LogP contribution in [0.4, 0.5) is 10.1 Å². The molecule has 146 valence electrons. The quantitative estimate of drug-likeness (QED) is 0.880. The zero-order chi connectivity index (χ0) is 19.7. The second kappa shape index (κ2) is 7.50. The van der Waals surface area contributed by atoms with E-state index in [1.807, 2.05) is 6.92 Å². The van der Waals surface area contributed by atoms with Crippen molar-refractivity contribution in [2.75, 3.05) is 24.7 Å². The zero-order valence-electron chi connectivity index (χ0n) is 15.5. The number of amides is 2. The van der Waals surface area contributed by atoms with Crippen molar-refractivity contribution in [3.05, 3.63) is 53.8 Å². The van der Waals surface area contributed by atoms with Crippen LogP contribution in [0.25, 0.3) is 0 Å². The average Bonchev–Trinajstić information content (AvgIpc) is 3.10. The van der Waals surface area contributed by atoms with Crippen LogP contribution in [0.3, 0.4) is 0 Å². The lowest BCUT2D eigenvalue weighted by atomic mass is 10.0. The molecule has 1 saturated heterocycles. The number of carbonyl (C=O) groups excluding carboxylic acids is 2. The molecule has 0 unspecified atom stereocenters. The Labute approximate surface area is 162 Å². The SMILES string of the molecule is C[C@H](NC(=O)[C@@H]1CC(=O)N(c2ccc3c(c2)OCCO3)C1)c1ccc(F)cc1. The molecule has 1 N–H and O–H groups in total. The van der Waals surface area contributed by atoms with Crippen LogP contribution in [0, 0.1) is 11.7 Å². The number of carbonyl (C=O) groups is 2. The summed E-state index contributed by atoms with van der Waals surface area (Å²) in [5.74, 6) is 0.206. The minimum Gasteiger partial charge on any atom is -0.486 e. The molecule has 1 fully saturated rings. The van der Waals surface area contributed by atoms with Crippen molar-refractivity contribution in [3.63, 3.8) is 0 Å². The molecule has 7 heteroatoms. The van der Waals surface area contributed by atoms with E-state index in [0.717, 1.165) is 5.56 Å². The lowest BCUT2D eigenvalue weighted by Gasteiger charge is -2.22. The van der Waals surface area contributed by atoms with Gasteiger partial charge in [-0.15, -0.1) is 0 Å². The first-order valence-electron chi connectivity index (χ1n) is 9.27. The van der Waals surface area contributed by atoms with E-state index in [2.05, 4.69) is 5.32 Å². The Kier molecular flexibility index (Phi) is 4.90. The number of rotatable bonds is 4. The van der Waals surface area contributed by atoms with Gasteiger partial charge in [-0.3, -0.25) is 9.59 Å². The second-order valence-electron chi connectivity index (χ2n) is 7.02. The molecular formula is C21H21FN2O4. The summed E-state index contributed by atoms with van der Waals surface area (Å²) in [5.41, 5.74) is 1.50. The van der Waals surface area contributed by atoms with Crippen molar-refractivity contribution >= 4 is 17.5 Å². The summed E-state index contributed by atoms with van der Waals surface area (Å²) in [6.45, 7) is 3.11. The normalized spacial score (nSPS) is 19.4. The minimum absolute atomic E-state index is 0.105. The van der Waals surface area contributed by atoms with Crippen LogP contribution in [0.15, 0.2) is 42.5 Å². The Bertz CT molecular complexity index is 900. The highest BCUT2D eigenvalue weighted by atomic mass is 19.1. The van der Waals surface area contributed by atoms with E-state index in [4.69, 9.17) is 9.47 Å². The summed E-state index contributed by atoms with van der Waals surface area (Å²) >= 11 is 0. The summed E-state index contributed by atoms with van der Waals surface area (Å²) in [7, 11) is 0. The van der Waals surface area contributed by atoms with Crippen molar-refractivity contribution in [1.29, 1.82) is 0 Å². The molecule has 0 radical (unpaired) electrons. The standard InChI is InChI=1S/C21H21FN2O4/c1-13(14-2-4-16(22)5-3-14)23-21(26)15-10-20(25)24(12-15)17-6-7-18-19(11-17)28-9-8-27-18/h2-7,11,13,15H,8-10,12H2,1H3,(H,23,26)/t13-,15+/m0/s1. The summed E-state index contributed by atoms with van der Waals surface area (Å²) in [4.78, 5) is 26.7. The Morgan fingerprint density at radius 3 is 2.61 bits per heavy atom. The number of hydrogen-bond donors (Lipinski definition) is 1. The Hall–Kier alpha value is -3.09. The molecule has 2 aliphatic rings. The van der Waals surface area contributed by atoms with Gasteiger partial charge in [0.25, 0.3) is 0 Å². The molecule has 0 saturated carbocycles. The molecule has 2 atom stereocenters. The number of nitrogens with one attached hydrogen (secondary N) is 1. The number of hydrogen-bond acceptors (Lipinski definition) is 4. The summed E-state index contributed by atoms with van der Waals surface area (Å²) in [6, 6.07) is 11.1. The summed E-state index contributed by atoms with van der Waals surface area (Å²) in [5, 5.41) is 2.92. The largest absolute Gasteiger partial charge is 0.486 e. The Balaban J connectivity index is 1.42. The lowest BCUT2D eigenvalue weighted by Crippen LogP contribution is -2.34. The average molecular weight is 384 g/mol. The first-order valence-corrected chi connectivity index (χ1v) is 9.27. The van der Waals surface area contributed by atoms with Gasteiger partial charge >= 0.3 is 0 Å². The molecule has 0 aromatic heterocycles. The molecule has 0 spiro atoms. The number of halogens is 1. The van der Waals surface area contributed by atoms with Gasteiger partial charge in [-0.25, -0.2) is 4.39 Å². The fourth-order valence-corrected chi connectivity index (χ4v) is 3.50. The van der Waals surface area contributed by atoms with E-state index in [1.54, 1.807) is 35.2 Å². The lowest BCUT2D eigenvalue weighted by molar-refractivity contribution is -0.126. The van der Waals surface area contributed by atoms with Crippen LogP contribution in [-0.2, 0) is 9.59 Å². The molecule has 2 aliphatic heterocycles. The van der Waals surface area contributed by atoms with Crippen molar-refractivity contribution in [2.24, 2.45) is 5.92 Å². The highest BCUT2D eigenvalue weighted by molar-refractivity contribution is 6.00. The predicted molar refractivity (Wildman–Crippen MR) is 101 cm³/mol. The summed E-state index contributed by atoms with van der Waals surface area (Å²) < 4.78 is 24.1. The van der Waals surface area contributed by atoms with E-state index in [9.17, 15) is 14.0 Å². The van der Waals surface area contributed by atoms with Crippen LogP contribution in [-0.4, -0.2) is 31.6 Å². The Morgan fingerprint density at radius 2 is 1.86 bits per heavy atom. The molecule has 0 aliphatic carbocycles. The minimum atomic E-state index is -0.441. The first kappa shape index (κ1) is 18.3. The van der Waals surface area contributed by atoms with Crippen LogP contribution >= 0.6 is 0 Å². The number of benzene rings is 2. The molecule has 2 aromatic carbocycles. The molecule has 6 nitrogen and oxygen atoms in total. The van der Waals surface area contributed by atoms with Gasteiger partial charge in [0.05, 0.1) is 12.0 Å². The smallest absolute Gasteiger partial charge is 0.227 e. The van der Waals surface area contributed by atoms with Gasteiger partial charge in [0, 0.05) is 24.7 Å². The van der Waals surface area contributed by atoms with Gasteiger partial charge in [-0.05, 0) is 36.8 Å². The second-order valence-corrected chi connectivity index (χ2v) is 7.02. The highest BCUT2D eigenvalue weighted by Crippen LogP contribution is 2.36. The van der Waals surface area contributed by atoms with E-state index < -0.39 is 5.92 Å². The monoisotopic (exact) mass is 384 g/mol. The third kappa shape index (κ3) is 3.65. The number of fused-ring (bicyclic) bond motifs is 1. The fourth-order valence-electron chi connectivity index (χ4n) is 3.50. The van der Waals surface area contributed by atoms with Gasteiger partial charge in [0.1, 0.15) is 19.0 Å². The van der Waals surface area contributed by atoms with Crippen LogP contribution in [0.5, 0.6) is 11.5 Å². The van der Waals surface area contributed by atoms with Crippen molar-refractivity contribution < 1.29 is 23.5 Å². The maximum absolute atomic E-state index is 13.1. The predicted octanol–water partition coefficient (Wildman–Crippen LogP) is 2.83. The molecule has 2 amide bonds.